The third kappa shape index (κ3) is 6.47. The van der Waals surface area contributed by atoms with Crippen LogP contribution in [0.15, 0.2) is 42.7 Å². The van der Waals surface area contributed by atoms with E-state index >= 15 is 8.78 Å². The van der Waals surface area contributed by atoms with Gasteiger partial charge in [0.2, 0.25) is 0 Å². The molecule has 3 heterocycles. The highest BCUT2D eigenvalue weighted by atomic mass is 35.5. The first-order chi connectivity index (χ1) is 21.0. The number of aryl methyl sites for hydroxylation is 1. The van der Waals surface area contributed by atoms with Crippen LogP contribution < -0.4 is 10.6 Å². The van der Waals surface area contributed by atoms with Gasteiger partial charge in [-0.1, -0.05) is 17.7 Å². The molecule has 0 atom stereocenters. The standard InChI is InChI=1S/C29H28ClF4N7O3/c1-16-21(15-41(38-16)11-12-44-29(33)34)18-5-6-20(25(32)24(18)31)23-14-36-26(39(23)2)27(42)37-17-3-4-19(22(30)13-17)28(43)40-9-7-35-8-10-40/h3-6,13-15,29,35H,7-12H2,1-2H3,(H,37,42). The minimum atomic E-state index is -2.92. The van der Waals surface area contributed by atoms with Gasteiger partial charge in [-0.3, -0.25) is 14.3 Å². The van der Waals surface area contributed by atoms with Gasteiger partial charge < -0.3 is 24.8 Å². The Morgan fingerprint density at radius 2 is 1.80 bits per heavy atom. The van der Waals surface area contributed by atoms with Crippen molar-refractivity contribution in [3.63, 3.8) is 0 Å². The maximum Gasteiger partial charge on any atom is 0.345 e. The number of rotatable bonds is 9. The molecular formula is C29H28ClF4N7O3. The van der Waals surface area contributed by atoms with E-state index in [0.717, 1.165) is 0 Å². The summed E-state index contributed by atoms with van der Waals surface area (Å²) in [5.41, 5.74) is 1.23. The molecule has 1 aliphatic heterocycles. The van der Waals surface area contributed by atoms with Crippen LogP contribution in [-0.4, -0.2) is 75.4 Å². The number of carbonyl (C=O) groups excluding carboxylic acids is 2. The lowest BCUT2D eigenvalue weighted by atomic mass is 10.0. The average Bonchev–Trinajstić information content (AvgIpc) is 3.56. The van der Waals surface area contributed by atoms with Crippen molar-refractivity contribution in [2.45, 2.75) is 20.1 Å². The van der Waals surface area contributed by atoms with Crippen molar-refractivity contribution in [2.75, 3.05) is 38.1 Å². The van der Waals surface area contributed by atoms with E-state index in [1.165, 1.54) is 53.0 Å². The molecule has 4 aromatic rings. The summed E-state index contributed by atoms with van der Waals surface area (Å²) < 4.78 is 62.1. The summed E-state index contributed by atoms with van der Waals surface area (Å²) in [6, 6.07) is 7.27. The van der Waals surface area contributed by atoms with Gasteiger partial charge in [-0.2, -0.15) is 13.9 Å². The largest absolute Gasteiger partial charge is 0.345 e. The Hall–Kier alpha value is -4.27. The maximum absolute atomic E-state index is 15.4. The predicted molar refractivity (Wildman–Crippen MR) is 155 cm³/mol. The number of carbonyl (C=O) groups is 2. The first-order valence-electron chi connectivity index (χ1n) is 13.6. The second-order valence-corrected chi connectivity index (χ2v) is 10.4. The number of amides is 2. The predicted octanol–water partition coefficient (Wildman–Crippen LogP) is 4.73. The van der Waals surface area contributed by atoms with Gasteiger partial charge >= 0.3 is 6.61 Å². The molecule has 2 amide bonds. The van der Waals surface area contributed by atoms with Crippen LogP contribution in [0.1, 0.15) is 26.7 Å². The normalized spacial score (nSPS) is 13.5. The van der Waals surface area contributed by atoms with Gasteiger partial charge in [-0.15, -0.1) is 0 Å². The molecule has 5 rings (SSSR count). The Morgan fingerprint density at radius 3 is 2.50 bits per heavy atom. The summed E-state index contributed by atoms with van der Waals surface area (Å²) in [6.45, 7) is 0.868. The molecule has 1 aliphatic rings. The number of aromatic nitrogens is 4. The van der Waals surface area contributed by atoms with E-state index in [1.54, 1.807) is 17.9 Å². The molecule has 2 aromatic heterocycles. The minimum absolute atomic E-state index is 0.00177. The number of hydrogen-bond acceptors (Lipinski definition) is 6. The van der Waals surface area contributed by atoms with Crippen LogP contribution in [0.2, 0.25) is 5.02 Å². The third-order valence-corrected chi connectivity index (χ3v) is 7.52. The molecule has 0 saturated carbocycles. The molecule has 15 heteroatoms. The highest BCUT2D eigenvalue weighted by Gasteiger charge is 2.24. The van der Waals surface area contributed by atoms with Gasteiger partial charge in [-0.05, 0) is 31.2 Å². The SMILES string of the molecule is Cc1nn(CCOC(F)F)cc1-c1ccc(-c2cnc(C(=O)Nc3ccc(C(=O)N4CCNCC4)c(Cl)c3)n2C)c(F)c1F. The highest BCUT2D eigenvalue weighted by Crippen LogP contribution is 2.33. The number of alkyl halides is 2. The fourth-order valence-electron chi connectivity index (χ4n) is 4.95. The summed E-state index contributed by atoms with van der Waals surface area (Å²) in [4.78, 5) is 31.7. The zero-order valence-corrected chi connectivity index (χ0v) is 24.5. The molecule has 1 saturated heterocycles. The third-order valence-electron chi connectivity index (χ3n) is 7.21. The van der Waals surface area contributed by atoms with E-state index in [4.69, 9.17) is 11.6 Å². The number of imidazole rings is 1. The quantitative estimate of drug-likeness (QED) is 0.258. The Balaban J connectivity index is 1.32. The topological polar surface area (TPSA) is 106 Å². The Bertz CT molecular complexity index is 1700. The van der Waals surface area contributed by atoms with Crippen LogP contribution in [0.4, 0.5) is 23.2 Å². The molecule has 0 bridgehead atoms. The van der Waals surface area contributed by atoms with Crippen LogP contribution in [0.3, 0.4) is 0 Å². The Kier molecular flexibility index (Phi) is 9.32. The van der Waals surface area contributed by atoms with Gasteiger partial charge in [0.15, 0.2) is 17.5 Å². The summed E-state index contributed by atoms with van der Waals surface area (Å²) in [5, 5.41) is 10.2. The molecule has 2 aromatic carbocycles. The summed E-state index contributed by atoms with van der Waals surface area (Å²) >= 11 is 6.37. The Labute approximate surface area is 254 Å². The van der Waals surface area contributed by atoms with Crippen molar-refractivity contribution >= 4 is 29.1 Å². The monoisotopic (exact) mass is 633 g/mol. The van der Waals surface area contributed by atoms with Crippen molar-refractivity contribution < 1.29 is 31.9 Å². The molecule has 10 nitrogen and oxygen atoms in total. The number of nitrogens with one attached hydrogen (secondary N) is 2. The average molecular weight is 634 g/mol. The first kappa shape index (κ1) is 31.2. The molecule has 0 radical (unpaired) electrons. The summed E-state index contributed by atoms with van der Waals surface area (Å²) in [6.07, 6.45) is 2.68. The van der Waals surface area contributed by atoms with Crippen LogP contribution >= 0.6 is 11.6 Å². The van der Waals surface area contributed by atoms with Crippen molar-refractivity contribution in [2.24, 2.45) is 7.05 Å². The molecule has 0 spiro atoms. The molecule has 44 heavy (non-hydrogen) atoms. The van der Waals surface area contributed by atoms with E-state index in [-0.39, 0.29) is 52.3 Å². The number of hydrogen-bond donors (Lipinski definition) is 2. The van der Waals surface area contributed by atoms with Crippen molar-refractivity contribution in [3.05, 3.63) is 76.5 Å². The number of halogens is 5. The summed E-state index contributed by atoms with van der Waals surface area (Å²) in [5.74, 6) is -3.23. The summed E-state index contributed by atoms with van der Waals surface area (Å²) in [7, 11) is 1.49. The zero-order chi connectivity index (χ0) is 31.5. The molecule has 0 aliphatic carbocycles. The molecule has 232 valence electrons. The molecule has 2 N–H and O–H groups in total. The maximum atomic E-state index is 15.4. The lowest BCUT2D eigenvalue weighted by molar-refractivity contribution is -0.130. The van der Waals surface area contributed by atoms with Crippen LogP contribution in [0, 0.1) is 18.6 Å². The lowest BCUT2D eigenvalue weighted by Crippen LogP contribution is -2.46. The number of ether oxygens (including phenoxy) is 1. The van der Waals surface area contributed by atoms with E-state index < -0.39 is 24.2 Å². The van der Waals surface area contributed by atoms with E-state index in [9.17, 15) is 18.4 Å². The Morgan fingerprint density at radius 1 is 1.09 bits per heavy atom. The van der Waals surface area contributed by atoms with E-state index in [1.807, 2.05) is 0 Å². The molecule has 0 unspecified atom stereocenters. The fraction of sp³-hybridized carbons (Fsp3) is 0.310. The van der Waals surface area contributed by atoms with Crippen LogP contribution in [0.5, 0.6) is 0 Å². The molecular weight excluding hydrogens is 606 g/mol. The van der Waals surface area contributed by atoms with Gasteiger partial charge in [-0.25, -0.2) is 13.8 Å². The number of piperazine rings is 1. The van der Waals surface area contributed by atoms with E-state index in [0.29, 0.717) is 43.1 Å². The second-order valence-electron chi connectivity index (χ2n) is 10.0. The van der Waals surface area contributed by atoms with Gasteiger partial charge in [0.25, 0.3) is 11.8 Å². The van der Waals surface area contributed by atoms with Crippen molar-refractivity contribution in [1.29, 1.82) is 0 Å². The van der Waals surface area contributed by atoms with Gasteiger partial charge in [0.1, 0.15) is 0 Å². The van der Waals surface area contributed by atoms with E-state index in [2.05, 4.69) is 25.5 Å². The van der Waals surface area contributed by atoms with Crippen LogP contribution in [-0.2, 0) is 18.3 Å². The number of anilines is 1. The second kappa shape index (κ2) is 13.2. The van der Waals surface area contributed by atoms with Crippen molar-refractivity contribution in [3.8, 4) is 22.4 Å². The number of benzene rings is 2. The highest BCUT2D eigenvalue weighted by molar-refractivity contribution is 6.34. The lowest BCUT2D eigenvalue weighted by Gasteiger charge is -2.27. The van der Waals surface area contributed by atoms with Crippen LogP contribution in [0.25, 0.3) is 22.4 Å². The number of nitrogens with zero attached hydrogens (tertiary/aromatic N) is 5. The zero-order valence-electron chi connectivity index (χ0n) is 23.7. The fourth-order valence-corrected chi connectivity index (χ4v) is 5.21. The smallest absolute Gasteiger partial charge is 0.336 e. The van der Waals surface area contributed by atoms with Gasteiger partial charge in [0, 0.05) is 61.8 Å². The first-order valence-corrected chi connectivity index (χ1v) is 14.0. The minimum Gasteiger partial charge on any atom is -0.336 e. The van der Waals surface area contributed by atoms with Crippen molar-refractivity contribution in [1.82, 2.24) is 29.5 Å². The van der Waals surface area contributed by atoms with Gasteiger partial charge in [0.05, 0.1) is 41.3 Å². The molecule has 1 fully saturated rings.